The minimum Gasteiger partial charge on any atom is -0.505 e. The number of hydrogen-bond acceptors (Lipinski definition) is 5. The van der Waals surface area contributed by atoms with Gasteiger partial charge in [-0.1, -0.05) is 35.9 Å². The molecule has 0 atom stereocenters. The van der Waals surface area contributed by atoms with E-state index in [2.05, 4.69) is 9.97 Å². The number of halogens is 1. The topological polar surface area (TPSA) is 91.8 Å². The highest BCUT2D eigenvalue weighted by Gasteiger charge is 2.16. The van der Waals surface area contributed by atoms with Crippen LogP contribution in [-0.4, -0.2) is 19.6 Å². The van der Waals surface area contributed by atoms with Gasteiger partial charge in [0.25, 0.3) is 5.56 Å². The van der Waals surface area contributed by atoms with Crippen molar-refractivity contribution >= 4 is 34.3 Å². The van der Waals surface area contributed by atoms with E-state index in [4.69, 9.17) is 11.6 Å². The molecule has 0 unspecified atom stereocenters. The van der Waals surface area contributed by atoms with Crippen LogP contribution in [0.3, 0.4) is 0 Å². The number of benzene rings is 2. The van der Waals surface area contributed by atoms with Crippen LogP contribution in [0.2, 0.25) is 5.02 Å². The maximum Gasteiger partial charge on any atom is 0.266 e. The SMILES string of the molecule is Cc1ccc(C#N)c(/C(O)=C/c2nc3ccccc3c(=O)n2-c2ccccc2Cl)n1. The van der Waals surface area contributed by atoms with Crippen molar-refractivity contribution in [3.8, 4) is 11.8 Å². The van der Waals surface area contributed by atoms with E-state index in [9.17, 15) is 15.2 Å². The van der Waals surface area contributed by atoms with E-state index in [0.29, 0.717) is 27.3 Å². The van der Waals surface area contributed by atoms with Crippen molar-refractivity contribution in [2.45, 2.75) is 6.92 Å². The fraction of sp³-hybridized carbons (Fsp3) is 0.0435. The summed E-state index contributed by atoms with van der Waals surface area (Å²) in [6.07, 6.45) is 1.32. The van der Waals surface area contributed by atoms with Gasteiger partial charge in [-0.25, -0.2) is 9.97 Å². The minimum absolute atomic E-state index is 0.116. The summed E-state index contributed by atoms with van der Waals surface area (Å²) in [7, 11) is 0. The summed E-state index contributed by atoms with van der Waals surface area (Å²) in [5.41, 5.74) is 1.54. The van der Waals surface area contributed by atoms with Gasteiger partial charge in [-0.15, -0.1) is 0 Å². The summed E-state index contributed by atoms with van der Waals surface area (Å²) in [5.74, 6) is -0.116. The Balaban J connectivity index is 2.04. The largest absolute Gasteiger partial charge is 0.505 e. The van der Waals surface area contributed by atoms with E-state index >= 15 is 0 Å². The highest BCUT2D eigenvalue weighted by molar-refractivity contribution is 6.32. The van der Waals surface area contributed by atoms with E-state index in [0.717, 1.165) is 0 Å². The third kappa shape index (κ3) is 3.43. The molecule has 0 saturated heterocycles. The van der Waals surface area contributed by atoms with Crippen molar-refractivity contribution in [2.24, 2.45) is 0 Å². The number of rotatable bonds is 3. The fourth-order valence-electron chi connectivity index (χ4n) is 3.15. The lowest BCUT2D eigenvalue weighted by Crippen LogP contribution is -2.22. The molecule has 0 aliphatic carbocycles. The fourth-order valence-corrected chi connectivity index (χ4v) is 3.37. The molecule has 146 valence electrons. The van der Waals surface area contributed by atoms with Crippen LogP contribution < -0.4 is 5.56 Å². The van der Waals surface area contributed by atoms with Crippen LogP contribution in [0.1, 0.15) is 22.8 Å². The first kappa shape index (κ1) is 19.4. The van der Waals surface area contributed by atoms with Crippen LogP contribution in [0.5, 0.6) is 0 Å². The standard InChI is InChI=1S/C23H15ClN4O2/c1-14-10-11-15(13-25)22(26-14)20(29)12-21-27-18-8-4-2-6-16(18)23(30)28(21)19-9-5-3-7-17(19)24/h2-12,29H,1H3/b20-12-. The first-order valence-electron chi connectivity index (χ1n) is 9.05. The Bertz CT molecular complexity index is 1420. The second-order valence-corrected chi connectivity index (χ2v) is 6.98. The average Bonchev–Trinajstić information content (AvgIpc) is 2.75. The van der Waals surface area contributed by atoms with Gasteiger partial charge in [-0.3, -0.25) is 9.36 Å². The number of hydrogen-bond donors (Lipinski definition) is 1. The van der Waals surface area contributed by atoms with E-state index in [-0.39, 0.29) is 28.4 Å². The number of nitrogens with zero attached hydrogens (tertiary/aromatic N) is 4. The molecule has 0 fully saturated rings. The van der Waals surface area contributed by atoms with Gasteiger partial charge in [0.05, 0.1) is 27.2 Å². The quantitative estimate of drug-likeness (QED) is 0.492. The van der Waals surface area contributed by atoms with Crippen molar-refractivity contribution < 1.29 is 5.11 Å². The zero-order valence-electron chi connectivity index (χ0n) is 15.9. The summed E-state index contributed by atoms with van der Waals surface area (Å²) in [4.78, 5) is 22.1. The zero-order chi connectivity index (χ0) is 21.3. The molecule has 2 aromatic carbocycles. The molecule has 4 aromatic rings. The molecule has 0 spiro atoms. The van der Waals surface area contributed by atoms with Crippen LogP contribution in [0.4, 0.5) is 0 Å². The lowest BCUT2D eigenvalue weighted by atomic mass is 10.1. The molecule has 0 aliphatic heterocycles. The zero-order valence-corrected chi connectivity index (χ0v) is 16.6. The monoisotopic (exact) mass is 414 g/mol. The van der Waals surface area contributed by atoms with Crippen LogP contribution in [0, 0.1) is 18.3 Å². The minimum atomic E-state index is -0.328. The Morgan fingerprint density at radius 2 is 1.83 bits per heavy atom. The number of aromatic nitrogens is 3. The highest BCUT2D eigenvalue weighted by Crippen LogP contribution is 2.23. The number of pyridine rings is 1. The number of aryl methyl sites for hydroxylation is 1. The molecular formula is C23H15ClN4O2. The average molecular weight is 415 g/mol. The van der Waals surface area contributed by atoms with Crippen LogP contribution >= 0.6 is 11.6 Å². The Hall–Kier alpha value is -3.95. The first-order valence-corrected chi connectivity index (χ1v) is 9.43. The summed E-state index contributed by atoms with van der Waals surface area (Å²) >= 11 is 6.35. The third-order valence-corrected chi connectivity index (χ3v) is 4.88. The van der Waals surface area contributed by atoms with Gasteiger partial charge in [0.2, 0.25) is 0 Å². The number of nitriles is 1. The molecule has 0 saturated carbocycles. The molecule has 30 heavy (non-hydrogen) atoms. The molecule has 6 nitrogen and oxygen atoms in total. The second kappa shape index (κ2) is 7.82. The molecule has 7 heteroatoms. The molecule has 2 heterocycles. The smallest absolute Gasteiger partial charge is 0.266 e. The number of aliphatic hydroxyl groups is 1. The Morgan fingerprint density at radius 3 is 2.60 bits per heavy atom. The molecule has 0 bridgehead atoms. The van der Waals surface area contributed by atoms with E-state index in [1.807, 2.05) is 6.07 Å². The van der Waals surface area contributed by atoms with Gasteiger partial charge >= 0.3 is 0 Å². The Morgan fingerprint density at radius 1 is 1.10 bits per heavy atom. The van der Waals surface area contributed by atoms with E-state index in [1.165, 1.54) is 10.6 Å². The van der Waals surface area contributed by atoms with Crippen molar-refractivity contribution in [1.82, 2.24) is 14.5 Å². The van der Waals surface area contributed by atoms with Crippen LogP contribution in [0.25, 0.3) is 28.4 Å². The Labute approximate surface area is 177 Å². The van der Waals surface area contributed by atoms with Gasteiger partial charge in [-0.2, -0.15) is 5.26 Å². The maximum absolute atomic E-state index is 13.3. The van der Waals surface area contributed by atoms with Gasteiger partial charge < -0.3 is 5.11 Å². The molecule has 0 amide bonds. The highest BCUT2D eigenvalue weighted by atomic mass is 35.5. The second-order valence-electron chi connectivity index (χ2n) is 6.57. The predicted octanol–water partition coefficient (Wildman–Crippen LogP) is 4.67. The van der Waals surface area contributed by atoms with E-state index in [1.54, 1.807) is 67.6 Å². The summed E-state index contributed by atoms with van der Waals surface area (Å²) < 4.78 is 1.34. The first-order chi connectivity index (χ1) is 14.5. The van der Waals surface area contributed by atoms with Gasteiger partial charge in [0.1, 0.15) is 23.3 Å². The molecule has 0 radical (unpaired) electrons. The molecule has 1 N–H and O–H groups in total. The maximum atomic E-state index is 13.3. The molecular weight excluding hydrogens is 400 g/mol. The van der Waals surface area contributed by atoms with Crippen molar-refractivity contribution in [2.75, 3.05) is 0 Å². The van der Waals surface area contributed by atoms with Gasteiger partial charge in [-0.05, 0) is 43.3 Å². The van der Waals surface area contributed by atoms with Crippen LogP contribution in [0.15, 0.2) is 65.5 Å². The number of aliphatic hydroxyl groups excluding tert-OH is 1. The van der Waals surface area contributed by atoms with Crippen molar-refractivity contribution in [3.05, 3.63) is 98.8 Å². The summed E-state index contributed by atoms with van der Waals surface area (Å²) in [6.45, 7) is 1.76. The molecule has 0 aliphatic rings. The molecule has 4 rings (SSSR count). The lowest BCUT2D eigenvalue weighted by molar-refractivity contribution is 0.511. The van der Waals surface area contributed by atoms with Gasteiger partial charge in [0.15, 0.2) is 0 Å². The van der Waals surface area contributed by atoms with Gasteiger partial charge in [0, 0.05) is 11.8 Å². The molecule has 2 aromatic heterocycles. The lowest BCUT2D eigenvalue weighted by Gasteiger charge is -2.13. The summed E-state index contributed by atoms with van der Waals surface area (Å²) in [6, 6.07) is 19.1. The number of fused-ring (bicyclic) bond motifs is 1. The summed E-state index contributed by atoms with van der Waals surface area (Å²) in [5, 5.41) is 20.9. The van der Waals surface area contributed by atoms with Crippen molar-refractivity contribution in [3.63, 3.8) is 0 Å². The van der Waals surface area contributed by atoms with Crippen LogP contribution in [-0.2, 0) is 0 Å². The number of para-hydroxylation sites is 2. The Kier molecular flexibility index (Phi) is 5.05. The third-order valence-electron chi connectivity index (χ3n) is 4.56. The predicted molar refractivity (Wildman–Crippen MR) is 117 cm³/mol. The normalized spacial score (nSPS) is 11.4. The van der Waals surface area contributed by atoms with E-state index < -0.39 is 0 Å². The van der Waals surface area contributed by atoms with Crippen molar-refractivity contribution in [1.29, 1.82) is 5.26 Å².